The van der Waals surface area contributed by atoms with Gasteiger partial charge in [0.05, 0.1) is 0 Å². The maximum Gasteiger partial charge on any atom is 0.328 e. The minimum atomic E-state index is -0.422. The first kappa shape index (κ1) is 18.5. The zero-order valence-corrected chi connectivity index (χ0v) is 15.9. The first-order valence-electron chi connectivity index (χ1n) is 9.34. The average Bonchev–Trinajstić information content (AvgIpc) is 3.19. The third-order valence-corrected chi connectivity index (χ3v) is 4.77. The molecule has 0 radical (unpaired) electrons. The molecule has 0 unspecified atom stereocenters. The normalized spacial score (nSPS) is 15.2. The average molecular weight is 388 g/mol. The molecule has 2 heterocycles. The Bertz CT molecular complexity index is 1130. The van der Waals surface area contributed by atoms with Crippen LogP contribution in [0.15, 0.2) is 66.5 Å². The fourth-order valence-electron chi connectivity index (χ4n) is 3.41. The third kappa shape index (κ3) is 3.62. The van der Waals surface area contributed by atoms with Gasteiger partial charge in [-0.3, -0.25) is 14.5 Å². The van der Waals surface area contributed by atoms with Gasteiger partial charge in [0.1, 0.15) is 12.2 Å². The Labute approximate surface area is 167 Å². The molecule has 0 bridgehead atoms. The molecule has 0 aliphatic carbocycles. The first-order chi connectivity index (χ1) is 14.1. The molecule has 4 rings (SSSR count). The van der Waals surface area contributed by atoms with Crippen LogP contribution in [0.1, 0.15) is 12.5 Å². The van der Waals surface area contributed by atoms with Gasteiger partial charge in [-0.05, 0) is 31.2 Å². The van der Waals surface area contributed by atoms with Crippen LogP contribution in [0.25, 0.3) is 17.0 Å². The summed E-state index contributed by atoms with van der Waals surface area (Å²) < 4.78 is 1.83. The second-order valence-corrected chi connectivity index (χ2v) is 6.68. The highest BCUT2D eigenvalue weighted by Crippen LogP contribution is 2.25. The van der Waals surface area contributed by atoms with Crippen LogP contribution in [0, 0.1) is 0 Å². The number of aromatic nitrogens is 1. The van der Waals surface area contributed by atoms with E-state index in [4.69, 9.17) is 0 Å². The number of anilines is 1. The number of imide groups is 1. The summed E-state index contributed by atoms with van der Waals surface area (Å²) in [4.78, 5) is 37.9. The SMILES string of the molecule is CCN1C(=O)NC(=Cc2cn(CC(=O)Nc3ccccc3)c3ccccc23)C1=O. The molecule has 0 atom stereocenters. The van der Waals surface area contributed by atoms with Gasteiger partial charge in [0, 0.05) is 34.9 Å². The van der Waals surface area contributed by atoms with E-state index >= 15 is 0 Å². The standard InChI is InChI=1S/C22H20N4O3/c1-2-26-21(28)18(24-22(26)29)12-15-13-25(19-11-7-6-10-17(15)19)14-20(27)23-16-8-4-3-5-9-16/h3-13H,2,14H2,1H3,(H,23,27)(H,24,29). The second-order valence-electron chi connectivity index (χ2n) is 6.68. The number of likely N-dealkylation sites (N-methyl/N-ethyl adjacent to an activating group) is 1. The van der Waals surface area contributed by atoms with Gasteiger partial charge in [-0.25, -0.2) is 4.79 Å². The molecule has 1 aliphatic rings. The Morgan fingerprint density at radius 1 is 1.07 bits per heavy atom. The molecule has 1 fully saturated rings. The predicted octanol–water partition coefficient (Wildman–Crippen LogP) is 3.19. The summed E-state index contributed by atoms with van der Waals surface area (Å²) >= 11 is 0. The van der Waals surface area contributed by atoms with E-state index in [-0.39, 0.29) is 24.1 Å². The molecule has 4 amide bonds. The van der Waals surface area contributed by atoms with Crippen molar-refractivity contribution in [2.24, 2.45) is 0 Å². The molecule has 1 saturated heterocycles. The topological polar surface area (TPSA) is 83.4 Å². The van der Waals surface area contributed by atoms with Crippen LogP contribution in [-0.4, -0.2) is 33.9 Å². The Morgan fingerprint density at radius 2 is 1.79 bits per heavy atom. The number of fused-ring (bicyclic) bond motifs is 1. The van der Waals surface area contributed by atoms with Gasteiger partial charge in [-0.2, -0.15) is 0 Å². The van der Waals surface area contributed by atoms with Crippen LogP contribution >= 0.6 is 0 Å². The largest absolute Gasteiger partial charge is 0.337 e. The van der Waals surface area contributed by atoms with Gasteiger partial charge in [-0.1, -0.05) is 36.4 Å². The van der Waals surface area contributed by atoms with E-state index in [0.29, 0.717) is 6.54 Å². The maximum atomic E-state index is 12.5. The lowest BCUT2D eigenvalue weighted by atomic mass is 10.1. The Kier molecular flexibility index (Phi) is 4.87. The number of urea groups is 1. The molecule has 3 aromatic rings. The number of amides is 4. The van der Waals surface area contributed by atoms with Crippen LogP contribution in [-0.2, 0) is 16.1 Å². The van der Waals surface area contributed by atoms with Gasteiger partial charge in [0.2, 0.25) is 5.91 Å². The van der Waals surface area contributed by atoms with Crippen molar-refractivity contribution in [3.63, 3.8) is 0 Å². The number of nitrogens with zero attached hydrogens (tertiary/aromatic N) is 2. The molecular formula is C22H20N4O3. The zero-order valence-electron chi connectivity index (χ0n) is 15.9. The van der Waals surface area contributed by atoms with Crippen LogP contribution in [0.3, 0.4) is 0 Å². The van der Waals surface area contributed by atoms with Gasteiger partial charge >= 0.3 is 6.03 Å². The predicted molar refractivity (Wildman–Crippen MR) is 111 cm³/mol. The molecule has 29 heavy (non-hydrogen) atoms. The van der Waals surface area contributed by atoms with Gasteiger partial charge < -0.3 is 15.2 Å². The minimum absolute atomic E-state index is 0.125. The molecule has 7 heteroatoms. The lowest BCUT2D eigenvalue weighted by molar-refractivity contribution is -0.122. The van der Waals surface area contributed by atoms with Crippen molar-refractivity contribution in [3.8, 4) is 0 Å². The number of carbonyl (C=O) groups is 3. The highest BCUT2D eigenvalue weighted by atomic mass is 16.2. The lowest BCUT2D eigenvalue weighted by Gasteiger charge is -2.07. The molecule has 2 aromatic carbocycles. The molecule has 146 valence electrons. The van der Waals surface area contributed by atoms with E-state index in [1.165, 1.54) is 0 Å². The number of hydrogen-bond donors (Lipinski definition) is 2. The molecule has 0 spiro atoms. The Hall–Kier alpha value is -3.87. The third-order valence-electron chi connectivity index (χ3n) is 4.77. The summed E-state index contributed by atoms with van der Waals surface area (Å²) in [6.45, 7) is 2.18. The second kappa shape index (κ2) is 7.63. The van der Waals surface area contributed by atoms with Crippen LogP contribution in [0.2, 0.25) is 0 Å². The quantitative estimate of drug-likeness (QED) is 0.520. The van der Waals surface area contributed by atoms with Gasteiger partial charge in [-0.15, -0.1) is 0 Å². The minimum Gasteiger partial charge on any atom is -0.337 e. The van der Waals surface area contributed by atoms with Crippen molar-refractivity contribution < 1.29 is 14.4 Å². The molecule has 1 aromatic heterocycles. The molecule has 0 saturated carbocycles. The van der Waals surface area contributed by atoms with E-state index < -0.39 is 6.03 Å². The lowest BCUT2D eigenvalue weighted by Crippen LogP contribution is -2.30. The van der Waals surface area contributed by atoms with Crippen molar-refractivity contribution in [2.45, 2.75) is 13.5 Å². The Morgan fingerprint density at radius 3 is 2.52 bits per heavy atom. The van der Waals surface area contributed by atoms with Crippen LogP contribution in [0.5, 0.6) is 0 Å². The highest BCUT2D eigenvalue weighted by molar-refractivity contribution is 6.14. The van der Waals surface area contributed by atoms with Crippen LogP contribution < -0.4 is 10.6 Å². The van der Waals surface area contributed by atoms with Gasteiger partial charge in [0.15, 0.2) is 0 Å². The summed E-state index contributed by atoms with van der Waals surface area (Å²) in [6.07, 6.45) is 3.47. The van der Waals surface area contributed by atoms with E-state index in [0.717, 1.165) is 27.1 Å². The van der Waals surface area contributed by atoms with Crippen molar-refractivity contribution in [3.05, 3.63) is 72.1 Å². The number of nitrogens with one attached hydrogen (secondary N) is 2. The Balaban J connectivity index is 1.64. The van der Waals surface area contributed by atoms with E-state index in [2.05, 4.69) is 10.6 Å². The summed E-state index contributed by atoms with van der Waals surface area (Å²) in [5.74, 6) is -0.505. The van der Waals surface area contributed by atoms with Crippen molar-refractivity contribution >= 4 is 40.5 Å². The summed E-state index contributed by atoms with van der Waals surface area (Å²) in [6, 6.07) is 16.5. The summed E-state index contributed by atoms with van der Waals surface area (Å²) in [5.41, 5.74) is 2.59. The molecule has 2 N–H and O–H groups in total. The number of rotatable bonds is 5. The van der Waals surface area contributed by atoms with Crippen molar-refractivity contribution in [1.82, 2.24) is 14.8 Å². The van der Waals surface area contributed by atoms with E-state index in [1.807, 2.05) is 65.4 Å². The zero-order chi connectivity index (χ0) is 20.4. The first-order valence-corrected chi connectivity index (χ1v) is 9.34. The van der Waals surface area contributed by atoms with Crippen molar-refractivity contribution in [2.75, 3.05) is 11.9 Å². The number of carbonyl (C=O) groups excluding carboxylic acids is 3. The maximum absolute atomic E-state index is 12.5. The fraction of sp³-hybridized carbons (Fsp3) is 0.136. The number of para-hydroxylation sites is 2. The van der Waals surface area contributed by atoms with E-state index in [9.17, 15) is 14.4 Å². The number of hydrogen-bond acceptors (Lipinski definition) is 3. The van der Waals surface area contributed by atoms with Gasteiger partial charge in [0.25, 0.3) is 5.91 Å². The number of benzene rings is 2. The molecule has 7 nitrogen and oxygen atoms in total. The van der Waals surface area contributed by atoms with Crippen LogP contribution in [0.4, 0.5) is 10.5 Å². The molecular weight excluding hydrogens is 368 g/mol. The van der Waals surface area contributed by atoms with E-state index in [1.54, 1.807) is 13.0 Å². The highest BCUT2D eigenvalue weighted by Gasteiger charge is 2.32. The summed E-state index contributed by atoms with van der Waals surface area (Å²) in [7, 11) is 0. The fourth-order valence-corrected chi connectivity index (χ4v) is 3.41. The summed E-state index contributed by atoms with van der Waals surface area (Å²) in [5, 5.41) is 6.37. The monoisotopic (exact) mass is 388 g/mol. The van der Waals surface area contributed by atoms with Crippen molar-refractivity contribution in [1.29, 1.82) is 0 Å². The smallest absolute Gasteiger partial charge is 0.328 e. The molecule has 1 aliphatic heterocycles.